The number of benzene rings is 2. The molecule has 2 aromatic heterocycles. The summed E-state index contributed by atoms with van der Waals surface area (Å²) >= 11 is 0. The van der Waals surface area contributed by atoms with Gasteiger partial charge in [-0.3, -0.25) is 4.79 Å². The van der Waals surface area contributed by atoms with E-state index in [4.69, 9.17) is 14.2 Å². The zero-order valence-electron chi connectivity index (χ0n) is 20.3. The van der Waals surface area contributed by atoms with E-state index in [1.54, 1.807) is 23.8 Å². The van der Waals surface area contributed by atoms with Crippen LogP contribution >= 0.6 is 0 Å². The van der Waals surface area contributed by atoms with Crippen molar-refractivity contribution in [2.45, 2.75) is 26.7 Å². The van der Waals surface area contributed by atoms with Crippen molar-refractivity contribution in [3.63, 3.8) is 0 Å². The molecule has 0 fully saturated rings. The van der Waals surface area contributed by atoms with Gasteiger partial charge in [0, 0.05) is 11.6 Å². The number of nitrogens with zero attached hydrogens (tertiary/aromatic N) is 4. The Balaban J connectivity index is 1.30. The second-order valence-corrected chi connectivity index (χ2v) is 8.38. The lowest BCUT2D eigenvalue weighted by Gasteiger charge is -2.15. The van der Waals surface area contributed by atoms with Gasteiger partial charge in [0.1, 0.15) is 18.1 Å². The van der Waals surface area contributed by atoms with Gasteiger partial charge >= 0.3 is 0 Å². The first kappa shape index (κ1) is 24.0. The predicted molar refractivity (Wildman–Crippen MR) is 132 cm³/mol. The summed E-state index contributed by atoms with van der Waals surface area (Å²) in [4.78, 5) is 12.2. The fourth-order valence-electron chi connectivity index (χ4n) is 3.55. The Morgan fingerprint density at radius 1 is 1.03 bits per heavy atom. The molecule has 0 aliphatic carbocycles. The average Bonchev–Trinajstić information content (AvgIpc) is 3.28. The van der Waals surface area contributed by atoms with Gasteiger partial charge in [-0.2, -0.15) is 4.52 Å². The molecule has 0 aliphatic heterocycles. The first-order chi connectivity index (χ1) is 16.9. The largest absolute Gasteiger partial charge is 0.497 e. The molecule has 0 radical (unpaired) electrons. The SMILES string of the molecule is COc1ccc(-c2nnc3ccc(OCCNC(=O)COc4cc(C)ccc4C(C)C)nn23)cc1. The van der Waals surface area contributed by atoms with E-state index in [1.807, 2.05) is 49.4 Å². The number of ether oxygens (including phenoxy) is 3. The molecule has 1 N–H and O–H groups in total. The number of carbonyl (C=O) groups is 1. The van der Waals surface area contributed by atoms with Crippen molar-refractivity contribution < 1.29 is 19.0 Å². The number of aryl methyl sites for hydroxylation is 1. The Hall–Kier alpha value is -4.14. The number of methoxy groups -OCH3 is 1. The van der Waals surface area contributed by atoms with Crippen LogP contribution in [0.2, 0.25) is 0 Å². The van der Waals surface area contributed by atoms with E-state index in [2.05, 4.69) is 34.5 Å². The Morgan fingerprint density at radius 2 is 1.83 bits per heavy atom. The van der Waals surface area contributed by atoms with E-state index in [0.29, 0.717) is 29.8 Å². The van der Waals surface area contributed by atoms with Crippen LogP contribution in [0.5, 0.6) is 17.4 Å². The topological polar surface area (TPSA) is 99.9 Å². The van der Waals surface area contributed by atoms with Crippen LogP contribution in [0.3, 0.4) is 0 Å². The van der Waals surface area contributed by atoms with Crippen molar-refractivity contribution in [2.75, 3.05) is 26.9 Å². The third-order valence-electron chi connectivity index (χ3n) is 5.41. The van der Waals surface area contributed by atoms with E-state index >= 15 is 0 Å². The summed E-state index contributed by atoms with van der Waals surface area (Å²) in [6, 6.07) is 17.0. The Kier molecular flexibility index (Phi) is 7.45. The number of fused-ring (bicyclic) bond motifs is 1. The number of rotatable bonds is 10. The fraction of sp³-hybridized carbons (Fsp3) is 0.308. The molecule has 9 nitrogen and oxygen atoms in total. The smallest absolute Gasteiger partial charge is 0.258 e. The second kappa shape index (κ2) is 10.9. The van der Waals surface area contributed by atoms with Crippen molar-refractivity contribution in [1.29, 1.82) is 0 Å². The summed E-state index contributed by atoms with van der Waals surface area (Å²) < 4.78 is 18.3. The third kappa shape index (κ3) is 5.87. The predicted octanol–water partition coefficient (Wildman–Crippen LogP) is 3.81. The zero-order chi connectivity index (χ0) is 24.8. The quantitative estimate of drug-likeness (QED) is 0.348. The first-order valence-corrected chi connectivity index (χ1v) is 11.4. The van der Waals surface area contributed by atoms with Crippen molar-refractivity contribution in [3.05, 3.63) is 65.7 Å². The maximum absolute atomic E-state index is 12.2. The summed E-state index contributed by atoms with van der Waals surface area (Å²) in [5.74, 6) is 2.59. The second-order valence-electron chi connectivity index (χ2n) is 8.38. The minimum absolute atomic E-state index is 0.0562. The fourth-order valence-corrected chi connectivity index (χ4v) is 3.55. The molecule has 0 unspecified atom stereocenters. The molecule has 0 saturated heterocycles. The molecule has 35 heavy (non-hydrogen) atoms. The van der Waals surface area contributed by atoms with Gasteiger partial charge in [-0.25, -0.2) is 0 Å². The number of carbonyl (C=O) groups excluding carboxylic acids is 1. The molecule has 0 atom stereocenters. The number of hydrogen-bond acceptors (Lipinski definition) is 7. The molecule has 0 saturated carbocycles. The normalized spacial score (nSPS) is 11.0. The van der Waals surface area contributed by atoms with Crippen LogP contribution in [0.25, 0.3) is 17.0 Å². The summed E-state index contributed by atoms with van der Waals surface area (Å²) in [6.45, 7) is 6.71. The lowest BCUT2D eigenvalue weighted by atomic mass is 10.0. The van der Waals surface area contributed by atoms with Crippen molar-refractivity contribution in [1.82, 2.24) is 25.1 Å². The summed E-state index contributed by atoms with van der Waals surface area (Å²) in [6.07, 6.45) is 0. The number of nitrogens with one attached hydrogen (secondary N) is 1. The van der Waals surface area contributed by atoms with Gasteiger partial charge in [-0.05, 0) is 60.4 Å². The molecule has 4 rings (SSSR count). The van der Waals surface area contributed by atoms with Crippen LogP contribution in [-0.2, 0) is 4.79 Å². The van der Waals surface area contributed by atoms with E-state index < -0.39 is 0 Å². The Bertz CT molecular complexity index is 1300. The van der Waals surface area contributed by atoms with Gasteiger partial charge in [-0.15, -0.1) is 15.3 Å². The van der Waals surface area contributed by atoms with Gasteiger partial charge in [0.05, 0.1) is 13.7 Å². The van der Waals surface area contributed by atoms with Gasteiger partial charge < -0.3 is 19.5 Å². The van der Waals surface area contributed by atoms with Crippen LogP contribution in [-0.4, -0.2) is 52.6 Å². The minimum atomic E-state index is -0.214. The van der Waals surface area contributed by atoms with Gasteiger partial charge in [-0.1, -0.05) is 26.0 Å². The minimum Gasteiger partial charge on any atom is -0.497 e. The number of hydrogen-bond donors (Lipinski definition) is 1. The standard InChI is InChI=1S/C26H29N5O4/c1-17(2)21-10-5-18(3)15-22(21)35-16-24(32)27-13-14-34-25-12-11-23-28-29-26(31(23)30-25)19-6-8-20(33-4)9-7-19/h5-12,15,17H,13-14,16H2,1-4H3,(H,27,32). The molecule has 1 amide bonds. The molecular formula is C26H29N5O4. The van der Waals surface area contributed by atoms with Crippen molar-refractivity contribution in [3.8, 4) is 28.8 Å². The van der Waals surface area contributed by atoms with E-state index in [-0.39, 0.29) is 19.1 Å². The number of aromatic nitrogens is 4. The average molecular weight is 476 g/mol. The lowest BCUT2D eigenvalue weighted by Crippen LogP contribution is -2.32. The molecule has 0 aliphatic rings. The Labute approximate surface area is 204 Å². The molecule has 2 aromatic carbocycles. The monoisotopic (exact) mass is 475 g/mol. The zero-order valence-corrected chi connectivity index (χ0v) is 20.3. The van der Waals surface area contributed by atoms with Crippen LogP contribution < -0.4 is 19.5 Å². The highest BCUT2D eigenvalue weighted by atomic mass is 16.5. The van der Waals surface area contributed by atoms with Crippen LogP contribution in [0.4, 0.5) is 0 Å². The summed E-state index contributed by atoms with van der Waals surface area (Å²) in [7, 11) is 1.62. The third-order valence-corrected chi connectivity index (χ3v) is 5.41. The molecular weight excluding hydrogens is 446 g/mol. The van der Waals surface area contributed by atoms with Gasteiger partial charge in [0.25, 0.3) is 5.91 Å². The number of amides is 1. The maximum Gasteiger partial charge on any atom is 0.258 e. The molecule has 182 valence electrons. The van der Waals surface area contributed by atoms with Crippen LogP contribution in [0.1, 0.15) is 30.9 Å². The van der Waals surface area contributed by atoms with Gasteiger partial charge in [0.15, 0.2) is 18.1 Å². The van der Waals surface area contributed by atoms with Crippen LogP contribution in [0.15, 0.2) is 54.6 Å². The van der Waals surface area contributed by atoms with Gasteiger partial charge in [0.2, 0.25) is 5.88 Å². The molecule has 9 heteroatoms. The van der Waals surface area contributed by atoms with E-state index in [1.165, 1.54) is 0 Å². The first-order valence-electron chi connectivity index (χ1n) is 11.4. The van der Waals surface area contributed by atoms with Crippen molar-refractivity contribution in [2.24, 2.45) is 0 Å². The molecule has 2 heterocycles. The molecule has 0 spiro atoms. The molecule has 0 bridgehead atoms. The highest BCUT2D eigenvalue weighted by Crippen LogP contribution is 2.27. The Morgan fingerprint density at radius 3 is 2.57 bits per heavy atom. The summed E-state index contributed by atoms with van der Waals surface area (Å²) in [5, 5.41) is 15.7. The van der Waals surface area contributed by atoms with E-state index in [9.17, 15) is 4.79 Å². The highest BCUT2D eigenvalue weighted by molar-refractivity contribution is 5.77. The summed E-state index contributed by atoms with van der Waals surface area (Å²) in [5.41, 5.74) is 3.62. The van der Waals surface area contributed by atoms with Crippen LogP contribution in [0, 0.1) is 6.92 Å². The maximum atomic E-state index is 12.2. The molecule has 4 aromatic rings. The lowest BCUT2D eigenvalue weighted by molar-refractivity contribution is -0.123. The van der Waals surface area contributed by atoms with Crippen molar-refractivity contribution >= 4 is 11.6 Å². The van der Waals surface area contributed by atoms with E-state index in [0.717, 1.165) is 28.2 Å². The highest BCUT2D eigenvalue weighted by Gasteiger charge is 2.12.